The highest BCUT2D eigenvalue weighted by Gasteiger charge is 2.22. The zero-order valence-corrected chi connectivity index (χ0v) is 9.29. The fourth-order valence-electron chi connectivity index (χ4n) is 2.54. The van der Waals surface area contributed by atoms with Gasteiger partial charge in [-0.1, -0.05) is 0 Å². The Hall–Kier alpha value is -1.48. The first-order valence-electron chi connectivity index (χ1n) is 5.66. The van der Waals surface area contributed by atoms with Gasteiger partial charge in [0.25, 0.3) is 0 Å². The van der Waals surface area contributed by atoms with Gasteiger partial charge in [-0.25, -0.2) is 0 Å². The highest BCUT2D eigenvalue weighted by atomic mass is 16.5. The second-order valence-corrected chi connectivity index (χ2v) is 4.34. The van der Waals surface area contributed by atoms with Crippen LogP contribution in [0.15, 0.2) is 18.2 Å². The zero-order valence-electron chi connectivity index (χ0n) is 9.29. The minimum Gasteiger partial charge on any atom is -0.497 e. The van der Waals surface area contributed by atoms with E-state index in [1.807, 2.05) is 18.2 Å². The van der Waals surface area contributed by atoms with Gasteiger partial charge < -0.3 is 14.8 Å². The number of rotatable bonds is 1. The Kier molecular flexibility index (Phi) is 2.14. The molecule has 3 heteroatoms. The standard InChI is InChI=1S/C13H15NO2/c1-16-8-5-6-11-10(7-8)9-3-2-4-12(15)13(9)14-11/h5-7,12,14-15H,2-4H2,1H3/t12-/m1/s1. The SMILES string of the molecule is COc1ccc2[nH]c3c(c2c1)CCC[C@H]3O. The van der Waals surface area contributed by atoms with Gasteiger partial charge in [-0.05, 0) is 43.0 Å². The van der Waals surface area contributed by atoms with E-state index >= 15 is 0 Å². The fraction of sp³-hybridized carbons (Fsp3) is 0.385. The molecular formula is C13H15NO2. The van der Waals surface area contributed by atoms with Crippen LogP contribution >= 0.6 is 0 Å². The lowest BCUT2D eigenvalue weighted by atomic mass is 9.93. The van der Waals surface area contributed by atoms with Gasteiger partial charge in [0.15, 0.2) is 0 Å². The third-order valence-electron chi connectivity index (χ3n) is 3.38. The summed E-state index contributed by atoms with van der Waals surface area (Å²) in [6.45, 7) is 0. The van der Waals surface area contributed by atoms with E-state index < -0.39 is 0 Å². The molecule has 84 valence electrons. The Labute approximate surface area is 94.0 Å². The summed E-state index contributed by atoms with van der Waals surface area (Å²) in [6.07, 6.45) is 2.62. The van der Waals surface area contributed by atoms with Gasteiger partial charge in [-0.2, -0.15) is 0 Å². The number of methoxy groups -OCH3 is 1. The van der Waals surface area contributed by atoms with Gasteiger partial charge in [0.2, 0.25) is 0 Å². The highest BCUT2D eigenvalue weighted by molar-refractivity contribution is 5.86. The van der Waals surface area contributed by atoms with Crippen LogP contribution in [0.2, 0.25) is 0 Å². The van der Waals surface area contributed by atoms with E-state index in [1.165, 1.54) is 10.9 Å². The van der Waals surface area contributed by atoms with Crippen LogP contribution in [-0.4, -0.2) is 17.2 Å². The van der Waals surface area contributed by atoms with Gasteiger partial charge >= 0.3 is 0 Å². The van der Waals surface area contributed by atoms with E-state index in [9.17, 15) is 5.11 Å². The quantitative estimate of drug-likeness (QED) is 0.771. The van der Waals surface area contributed by atoms with Crippen molar-refractivity contribution in [1.82, 2.24) is 4.98 Å². The van der Waals surface area contributed by atoms with Gasteiger partial charge in [0.05, 0.1) is 13.2 Å². The van der Waals surface area contributed by atoms with Crippen molar-refractivity contribution < 1.29 is 9.84 Å². The molecule has 1 atom stereocenters. The summed E-state index contributed by atoms with van der Waals surface area (Å²) in [5, 5.41) is 11.1. The van der Waals surface area contributed by atoms with Crippen molar-refractivity contribution in [2.75, 3.05) is 7.11 Å². The van der Waals surface area contributed by atoms with E-state index in [4.69, 9.17) is 4.74 Å². The average Bonchev–Trinajstić information content (AvgIpc) is 2.68. The van der Waals surface area contributed by atoms with Crippen molar-refractivity contribution in [3.05, 3.63) is 29.5 Å². The molecule has 0 amide bonds. The smallest absolute Gasteiger partial charge is 0.119 e. The summed E-state index contributed by atoms with van der Waals surface area (Å²) in [7, 11) is 1.68. The van der Waals surface area contributed by atoms with E-state index in [0.717, 1.165) is 36.2 Å². The third kappa shape index (κ3) is 1.32. The topological polar surface area (TPSA) is 45.2 Å². The molecule has 0 fully saturated rings. The Morgan fingerprint density at radius 2 is 2.31 bits per heavy atom. The number of hydrogen-bond donors (Lipinski definition) is 2. The molecule has 16 heavy (non-hydrogen) atoms. The van der Waals surface area contributed by atoms with Gasteiger partial charge in [0, 0.05) is 16.6 Å². The molecule has 0 spiro atoms. The van der Waals surface area contributed by atoms with Crippen molar-refractivity contribution in [3.63, 3.8) is 0 Å². The lowest BCUT2D eigenvalue weighted by Gasteiger charge is -2.17. The summed E-state index contributed by atoms with van der Waals surface area (Å²) >= 11 is 0. The summed E-state index contributed by atoms with van der Waals surface area (Å²) in [4.78, 5) is 3.31. The molecule has 2 N–H and O–H groups in total. The number of hydrogen-bond acceptors (Lipinski definition) is 2. The normalized spacial score (nSPS) is 19.8. The number of nitrogens with one attached hydrogen (secondary N) is 1. The molecule has 0 saturated carbocycles. The first-order chi connectivity index (χ1) is 7.79. The van der Waals surface area contributed by atoms with E-state index in [0.29, 0.717) is 0 Å². The molecule has 0 aliphatic heterocycles. The van der Waals surface area contributed by atoms with Crippen LogP contribution in [0.1, 0.15) is 30.2 Å². The Bertz CT molecular complexity index is 530. The molecule has 1 aromatic heterocycles. The second kappa shape index (κ2) is 3.52. The summed E-state index contributed by atoms with van der Waals surface area (Å²) in [5.74, 6) is 0.870. The van der Waals surface area contributed by atoms with Crippen LogP contribution in [0, 0.1) is 0 Å². The van der Waals surface area contributed by atoms with E-state index in [-0.39, 0.29) is 6.10 Å². The molecule has 1 heterocycles. The minimum absolute atomic E-state index is 0.331. The van der Waals surface area contributed by atoms with Crippen LogP contribution < -0.4 is 4.74 Å². The predicted molar refractivity (Wildman–Crippen MR) is 62.7 cm³/mol. The summed E-state index contributed by atoms with van der Waals surface area (Å²) in [6, 6.07) is 6.00. The molecule has 0 bridgehead atoms. The van der Waals surface area contributed by atoms with Gasteiger partial charge in [-0.3, -0.25) is 0 Å². The van der Waals surface area contributed by atoms with Crippen LogP contribution in [0.3, 0.4) is 0 Å². The maximum Gasteiger partial charge on any atom is 0.119 e. The number of aliphatic hydroxyl groups excluding tert-OH is 1. The number of H-pyrrole nitrogens is 1. The number of fused-ring (bicyclic) bond motifs is 3. The van der Waals surface area contributed by atoms with Crippen molar-refractivity contribution in [1.29, 1.82) is 0 Å². The first kappa shape index (κ1) is 9.73. The number of aryl methyl sites for hydroxylation is 1. The highest BCUT2D eigenvalue weighted by Crippen LogP contribution is 2.35. The van der Waals surface area contributed by atoms with Crippen molar-refractivity contribution in [2.24, 2.45) is 0 Å². The predicted octanol–water partition coefficient (Wildman–Crippen LogP) is 2.55. The molecule has 0 saturated heterocycles. The summed E-state index contributed by atoms with van der Waals surface area (Å²) < 4.78 is 5.23. The molecule has 0 radical (unpaired) electrons. The van der Waals surface area contributed by atoms with Gasteiger partial charge in [0.1, 0.15) is 5.75 Å². The largest absolute Gasteiger partial charge is 0.497 e. The Morgan fingerprint density at radius 3 is 3.12 bits per heavy atom. The molecule has 1 aliphatic carbocycles. The van der Waals surface area contributed by atoms with Crippen LogP contribution in [0.4, 0.5) is 0 Å². The monoisotopic (exact) mass is 217 g/mol. The maximum absolute atomic E-state index is 9.93. The maximum atomic E-state index is 9.93. The number of benzene rings is 1. The molecular weight excluding hydrogens is 202 g/mol. The van der Waals surface area contributed by atoms with E-state index in [2.05, 4.69) is 4.98 Å². The van der Waals surface area contributed by atoms with Crippen molar-refractivity contribution in [3.8, 4) is 5.75 Å². The summed E-state index contributed by atoms with van der Waals surface area (Å²) in [5.41, 5.74) is 3.34. The van der Waals surface area contributed by atoms with E-state index in [1.54, 1.807) is 7.11 Å². The molecule has 1 aliphatic rings. The number of aliphatic hydroxyl groups is 1. The molecule has 3 rings (SSSR count). The number of aromatic amines is 1. The molecule has 0 unspecified atom stereocenters. The van der Waals surface area contributed by atoms with Crippen LogP contribution in [0.25, 0.3) is 10.9 Å². The lowest BCUT2D eigenvalue weighted by Crippen LogP contribution is -2.07. The van der Waals surface area contributed by atoms with Crippen LogP contribution in [0.5, 0.6) is 5.75 Å². The molecule has 2 aromatic rings. The zero-order chi connectivity index (χ0) is 11.1. The fourth-order valence-corrected chi connectivity index (χ4v) is 2.54. The Morgan fingerprint density at radius 1 is 1.44 bits per heavy atom. The minimum atomic E-state index is -0.331. The number of aromatic nitrogens is 1. The first-order valence-corrected chi connectivity index (χ1v) is 5.66. The van der Waals surface area contributed by atoms with Crippen LogP contribution in [-0.2, 0) is 6.42 Å². The Balaban J connectivity index is 2.25. The number of ether oxygens (including phenoxy) is 1. The van der Waals surface area contributed by atoms with Gasteiger partial charge in [-0.15, -0.1) is 0 Å². The van der Waals surface area contributed by atoms with Crippen molar-refractivity contribution in [2.45, 2.75) is 25.4 Å². The third-order valence-corrected chi connectivity index (χ3v) is 3.38. The second-order valence-electron chi connectivity index (χ2n) is 4.34. The molecule has 1 aromatic carbocycles. The average molecular weight is 217 g/mol. The lowest BCUT2D eigenvalue weighted by molar-refractivity contribution is 0.153. The molecule has 3 nitrogen and oxygen atoms in total. The van der Waals surface area contributed by atoms with Crippen molar-refractivity contribution >= 4 is 10.9 Å².